The van der Waals surface area contributed by atoms with Crippen molar-refractivity contribution in [1.29, 1.82) is 0 Å². The highest BCUT2D eigenvalue weighted by Crippen LogP contribution is 2.30. The van der Waals surface area contributed by atoms with Crippen LogP contribution in [0.15, 0.2) is 66.7 Å². The third-order valence-corrected chi connectivity index (χ3v) is 6.12. The summed E-state index contributed by atoms with van der Waals surface area (Å²) in [5.41, 5.74) is 2.25. The first-order valence-electron chi connectivity index (χ1n) is 12.1. The van der Waals surface area contributed by atoms with Crippen molar-refractivity contribution in [3.63, 3.8) is 0 Å². The lowest BCUT2D eigenvalue weighted by Crippen LogP contribution is -2.45. The van der Waals surface area contributed by atoms with E-state index in [2.05, 4.69) is 15.6 Å². The number of amides is 2. The Morgan fingerprint density at radius 1 is 1.03 bits per heavy atom. The molecule has 9 heteroatoms. The average molecular weight is 506 g/mol. The maximum Gasteiger partial charge on any atom is 0.249 e. The molecule has 0 fully saturated rings. The number of nitrogens with zero attached hydrogens (tertiary/aromatic N) is 4. The van der Waals surface area contributed by atoms with Crippen LogP contribution in [0, 0.1) is 24.5 Å². The number of anilines is 1. The molecule has 0 saturated carbocycles. The zero-order valence-corrected chi connectivity index (χ0v) is 21.0. The predicted octanol–water partition coefficient (Wildman–Crippen LogP) is 4.95. The molecular formula is C28H29F2N5O2. The highest BCUT2D eigenvalue weighted by molar-refractivity contribution is 6.01. The Hall–Kier alpha value is -4.14. The fourth-order valence-electron chi connectivity index (χ4n) is 4.05. The number of aryl methyl sites for hydroxylation is 1. The molecule has 0 bridgehead atoms. The zero-order chi connectivity index (χ0) is 26.5. The van der Waals surface area contributed by atoms with Crippen LogP contribution in [-0.2, 0) is 16.1 Å². The monoisotopic (exact) mass is 505 g/mol. The summed E-state index contributed by atoms with van der Waals surface area (Å²) in [5, 5.41) is 11.1. The minimum atomic E-state index is -1.17. The Morgan fingerprint density at radius 3 is 2.46 bits per heavy atom. The second kappa shape index (κ2) is 11.3. The van der Waals surface area contributed by atoms with Gasteiger partial charge in [-0.05, 0) is 66.8 Å². The molecule has 3 aromatic carbocycles. The van der Waals surface area contributed by atoms with E-state index in [9.17, 15) is 18.4 Å². The maximum atomic E-state index is 14.7. The number of halogens is 2. The van der Waals surface area contributed by atoms with Crippen LogP contribution in [0.3, 0.4) is 0 Å². The van der Waals surface area contributed by atoms with Gasteiger partial charge in [0, 0.05) is 12.2 Å². The number of para-hydroxylation sites is 1. The van der Waals surface area contributed by atoms with E-state index in [1.807, 2.05) is 26.0 Å². The van der Waals surface area contributed by atoms with Crippen LogP contribution in [-0.4, -0.2) is 33.4 Å². The van der Waals surface area contributed by atoms with Crippen molar-refractivity contribution >= 4 is 28.5 Å². The molecule has 7 nitrogen and oxygen atoms in total. The number of fused-ring (bicyclic) bond motifs is 1. The van der Waals surface area contributed by atoms with Crippen LogP contribution >= 0.6 is 0 Å². The van der Waals surface area contributed by atoms with Crippen LogP contribution < -0.4 is 10.2 Å². The largest absolute Gasteiger partial charge is 0.354 e. The molecular weight excluding hydrogens is 476 g/mol. The van der Waals surface area contributed by atoms with Gasteiger partial charge in [0.15, 0.2) is 0 Å². The molecule has 0 aliphatic rings. The molecule has 4 aromatic rings. The van der Waals surface area contributed by atoms with Gasteiger partial charge >= 0.3 is 0 Å². The second-order valence-electron chi connectivity index (χ2n) is 9.36. The van der Waals surface area contributed by atoms with Gasteiger partial charge < -0.3 is 5.32 Å². The molecule has 1 heterocycles. The number of benzene rings is 3. The van der Waals surface area contributed by atoms with Crippen molar-refractivity contribution in [2.24, 2.45) is 5.92 Å². The number of hydrogen-bond donors (Lipinski definition) is 1. The third-order valence-electron chi connectivity index (χ3n) is 6.12. The lowest BCUT2D eigenvalue weighted by molar-refractivity contribution is -0.127. The Morgan fingerprint density at radius 2 is 1.76 bits per heavy atom. The van der Waals surface area contributed by atoms with Crippen molar-refractivity contribution in [1.82, 2.24) is 20.3 Å². The third kappa shape index (κ3) is 5.99. The fraction of sp³-hybridized carbons (Fsp3) is 0.286. The van der Waals surface area contributed by atoms with Gasteiger partial charge in [0.05, 0.1) is 5.52 Å². The van der Waals surface area contributed by atoms with Gasteiger partial charge in [-0.1, -0.05) is 49.4 Å². The first-order valence-corrected chi connectivity index (χ1v) is 12.1. The van der Waals surface area contributed by atoms with E-state index in [4.69, 9.17) is 0 Å². The summed E-state index contributed by atoms with van der Waals surface area (Å²) < 4.78 is 29.9. The number of hydrogen-bond acceptors (Lipinski definition) is 4. The maximum absolute atomic E-state index is 14.7. The Balaban J connectivity index is 1.78. The molecule has 1 N–H and O–H groups in total. The molecule has 0 unspecified atom stereocenters. The van der Waals surface area contributed by atoms with Crippen LogP contribution in [0.4, 0.5) is 14.5 Å². The SMILES string of the molecule is Cc1ccc(N(C(=O)Cn2nnc3ccccc32)[C@@H](C(=O)NCCC(C)C)c2ccc(F)cc2)cc1F. The van der Waals surface area contributed by atoms with Gasteiger partial charge in [0.2, 0.25) is 11.8 Å². The van der Waals surface area contributed by atoms with Gasteiger partial charge in [-0.2, -0.15) is 0 Å². The van der Waals surface area contributed by atoms with E-state index in [0.717, 1.165) is 6.42 Å². The minimum absolute atomic E-state index is 0.200. The van der Waals surface area contributed by atoms with E-state index >= 15 is 0 Å². The van der Waals surface area contributed by atoms with Crippen molar-refractivity contribution in [3.05, 3.63) is 89.5 Å². The number of aromatic nitrogens is 3. The molecule has 2 amide bonds. The first-order chi connectivity index (χ1) is 17.7. The van der Waals surface area contributed by atoms with Gasteiger partial charge in [0.25, 0.3) is 0 Å². The van der Waals surface area contributed by atoms with Crippen LogP contribution in [0.1, 0.15) is 37.4 Å². The topological polar surface area (TPSA) is 80.1 Å². The molecule has 4 rings (SSSR count). The minimum Gasteiger partial charge on any atom is -0.354 e. The standard InChI is InChI=1S/C28H29F2N5O2/c1-18(2)14-15-31-28(37)27(20-9-11-21(29)12-10-20)35(22-13-8-19(3)23(30)16-22)26(36)17-34-25-7-5-4-6-24(25)32-33-34/h4-13,16,18,27H,14-15,17H2,1-3H3,(H,31,37)/t27-/m1/s1. The molecule has 0 aliphatic carbocycles. The predicted molar refractivity (Wildman–Crippen MR) is 138 cm³/mol. The molecule has 1 atom stereocenters. The van der Waals surface area contributed by atoms with Crippen molar-refractivity contribution < 1.29 is 18.4 Å². The fourth-order valence-corrected chi connectivity index (χ4v) is 4.05. The highest BCUT2D eigenvalue weighted by Gasteiger charge is 2.33. The summed E-state index contributed by atoms with van der Waals surface area (Å²) in [6.45, 7) is 5.84. The van der Waals surface area contributed by atoms with Crippen LogP contribution in [0.2, 0.25) is 0 Å². The zero-order valence-electron chi connectivity index (χ0n) is 21.0. The van der Waals surface area contributed by atoms with Gasteiger partial charge in [-0.25, -0.2) is 13.5 Å². The second-order valence-corrected chi connectivity index (χ2v) is 9.36. The molecule has 192 valence electrons. The molecule has 37 heavy (non-hydrogen) atoms. The molecule has 1 aromatic heterocycles. The van der Waals surface area contributed by atoms with Crippen LogP contribution in [0.5, 0.6) is 0 Å². The number of carbonyl (C=O) groups is 2. The molecule has 0 spiro atoms. The summed E-state index contributed by atoms with van der Waals surface area (Å²) >= 11 is 0. The summed E-state index contributed by atoms with van der Waals surface area (Å²) in [7, 11) is 0. The lowest BCUT2D eigenvalue weighted by Gasteiger charge is -2.32. The average Bonchev–Trinajstić information content (AvgIpc) is 3.27. The Kier molecular flexibility index (Phi) is 7.91. The number of carbonyl (C=O) groups excluding carboxylic acids is 2. The summed E-state index contributed by atoms with van der Waals surface area (Å²) in [4.78, 5) is 28.7. The van der Waals surface area contributed by atoms with E-state index in [0.29, 0.717) is 34.6 Å². The first kappa shape index (κ1) is 25.9. The molecule has 0 saturated heterocycles. The molecule has 0 radical (unpaired) electrons. The number of nitrogens with one attached hydrogen (secondary N) is 1. The van der Waals surface area contributed by atoms with Gasteiger partial charge in [-0.15, -0.1) is 5.10 Å². The van der Waals surface area contributed by atoms with Crippen molar-refractivity contribution in [2.45, 2.75) is 39.8 Å². The number of rotatable bonds is 9. The smallest absolute Gasteiger partial charge is 0.249 e. The summed E-state index contributed by atoms with van der Waals surface area (Å²) in [6.07, 6.45) is 0.736. The van der Waals surface area contributed by atoms with Crippen molar-refractivity contribution in [2.75, 3.05) is 11.4 Å². The Labute approximate surface area is 214 Å². The highest BCUT2D eigenvalue weighted by atomic mass is 19.1. The van der Waals surface area contributed by atoms with E-state index in [1.165, 1.54) is 39.9 Å². The Bertz CT molecular complexity index is 1400. The van der Waals surface area contributed by atoms with Crippen LogP contribution in [0.25, 0.3) is 11.0 Å². The summed E-state index contributed by atoms with van der Waals surface area (Å²) in [6, 6.07) is 15.8. The van der Waals surface area contributed by atoms with Gasteiger partial charge in [-0.3, -0.25) is 14.5 Å². The summed E-state index contributed by atoms with van der Waals surface area (Å²) in [5.74, 6) is -1.60. The van der Waals surface area contributed by atoms with E-state index in [-0.39, 0.29) is 12.2 Å². The quantitative estimate of drug-likeness (QED) is 0.349. The van der Waals surface area contributed by atoms with Gasteiger partial charge in [0.1, 0.15) is 29.7 Å². The lowest BCUT2D eigenvalue weighted by atomic mass is 10.0. The normalized spacial score (nSPS) is 12.1. The van der Waals surface area contributed by atoms with E-state index < -0.39 is 29.5 Å². The van der Waals surface area contributed by atoms with Crippen molar-refractivity contribution in [3.8, 4) is 0 Å². The molecule has 0 aliphatic heterocycles. The van der Waals surface area contributed by atoms with E-state index in [1.54, 1.807) is 31.2 Å².